The van der Waals surface area contributed by atoms with E-state index < -0.39 is 0 Å². The molecule has 0 aliphatic heterocycles. The van der Waals surface area contributed by atoms with Gasteiger partial charge in [0.05, 0.1) is 5.56 Å². The molecule has 2 aromatic rings. The summed E-state index contributed by atoms with van der Waals surface area (Å²) in [6, 6.07) is 7.93. The van der Waals surface area contributed by atoms with Crippen molar-refractivity contribution in [2.75, 3.05) is 29.6 Å². The van der Waals surface area contributed by atoms with Crippen molar-refractivity contribution in [3.8, 4) is 0 Å². The molecule has 1 amide bonds. The molecule has 0 radical (unpaired) electrons. The van der Waals surface area contributed by atoms with Gasteiger partial charge in [-0.2, -0.15) is 0 Å². The summed E-state index contributed by atoms with van der Waals surface area (Å²) in [5.41, 5.74) is 2.24. The van der Waals surface area contributed by atoms with Gasteiger partial charge in [-0.15, -0.1) is 0 Å². The van der Waals surface area contributed by atoms with Crippen LogP contribution in [0.2, 0.25) is 0 Å². The summed E-state index contributed by atoms with van der Waals surface area (Å²) in [5, 5.41) is 6.00. The molecule has 1 heterocycles. The Labute approximate surface area is 137 Å². The van der Waals surface area contributed by atoms with Gasteiger partial charge in [0.1, 0.15) is 0 Å². The number of amides is 1. The average Bonchev–Trinajstić information content (AvgIpc) is 2.55. The zero-order chi connectivity index (χ0) is 16.8. The second-order valence-corrected chi connectivity index (χ2v) is 5.64. The smallest absolute Gasteiger partial charge is 0.258 e. The number of nitrogens with zero attached hydrogens (tertiary/aromatic N) is 3. The predicted octanol–water partition coefficient (Wildman–Crippen LogP) is 3.01. The normalized spacial score (nSPS) is 11.7. The molecule has 6 heteroatoms. The van der Waals surface area contributed by atoms with Crippen LogP contribution in [0.15, 0.2) is 36.7 Å². The standard InChI is InChI=1S/C17H23N5O/c1-5-12(2)20-17-18-10-13(11-19-17)16(23)21-14-6-8-15(9-7-14)22(3)4/h6-12H,5H2,1-4H3,(H,21,23)(H,18,19,20). The molecule has 0 saturated carbocycles. The van der Waals surface area contributed by atoms with Crippen LogP contribution >= 0.6 is 0 Å². The number of anilines is 3. The highest BCUT2D eigenvalue weighted by molar-refractivity contribution is 6.03. The zero-order valence-corrected chi connectivity index (χ0v) is 14.0. The lowest BCUT2D eigenvalue weighted by atomic mass is 10.2. The van der Waals surface area contributed by atoms with E-state index in [-0.39, 0.29) is 5.91 Å². The Hall–Kier alpha value is -2.63. The molecule has 1 atom stereocenters. The van der Waals surface area contributed by atoms with E-state index in [9.17, 15) is 4.79 Å². The van der Waals surface area contributed by atoms with Crippen molar-refractivity contribution < 1.29 is 4.79 Å². The average molecular weight is 313 g/mol. The van der Waals surface area contributed by atoms with Gasteiger partial charge in [-0.05, 0) is 37.6 Å². The minimum absolute atomic E-state index is 0.224. The first kappa shape index (κ1) is 16.7. The van der Waals surface area contributed by atoms with Crippen molar-refractivity contribution in [2.24, 2.45) is 0 Å². The molecule has 1 unspecified atom stereocenters. The topological polar surface area (TPSA) is 70.2 Å². The number of hydrogen-bond acceptors (Lipinski definition) is 5. The van der Waals surface area contributed by atoms with Crippen LogP contribution in [0.5, 0.6) is 0 Å². The third-order valence-electron chi connectivity index (χ3n) is 3.54. The van der Waals surface area contributed by atoms with Crippen LogP contribution in [0, 0.1) is 0 Å². The first-order valence-corrected chi connectivity index (χ1v) is 7.67. The summed E-state index contributed by atoms with van der Waals surface area (Å²) in [4.78, 5) is 22.6. The zero-order valence-electron chi connectivity index (χ0n) is 14.0. The first-order valence-electron chi connectivity index (χ1n) is 7.67. The first-order chi connectivity index (χ1) is 11.0. The molecular weight excluding hydrogens is 290 g/mol. The molecule has 0 aliphatic carbocycles. The van der Waals surface area contributed by atoms with Gasteiger partial charge in [-0.3, -0.25) is 4.79 Å². The van der Waals surface area contributed by atoms with Gasteiger partial charge in [0.25, 0.3) is 5.91 Å². The van der Waals surface area contributed by atoms with E-state index in [1.165, 1.54) is 12.4 Å². The summed E-state index contributed by atoms with van der Waals surface area (Å²) < 4.78 is 0. The van der Waals surface area contributed by atoms with Crippen LogP contribution < -0.4 is 15.5 Å². The van der Waals surface area contributed by atoms with Crippen molar-refractivity contribution >= 4 is 23.2 Å². The Bertz CT molecular complexity index is 637. The Morgan fingerprint density at radius 3 is 2.30 bits per heavy atom. The molecule has 0 aliphatic rings. The van der Waals surface area contributed by atoms with Crippen LogP contribution in [-0.4, -0.2) is 36.0 Å². The molecule has 23 heavy (non-hydrogen) atoms. The highest BCUT2D eigenvalue weighted by Crippen LogP contribution is 2.16. The quantitative estimate of drug-likeness (QED) is 0.858. The third kappa shape index (κ3) is 4.67. The summed E-state index contributed by atoms with van der Waals surface area (Å²) in [7, 11) is 3.94. The highest BCUT2D eigenvalue weighted by Gasteiger charge is 2.09. The number of rotatable bonds is 6. The van der Waals surface area contributed by atoms with Crippen LogP contribution in [-0.2, 0) is 0 Å². The minimum atomic E-state index is -0.224. The van der Waals surface area contributed by atoms with Crippen molar-refractivity contribution in [3.05, 3.63) is 42.2 Å². The number of carbonyl (C=O) groups is 1. The van der Waals surface area contributed by atoms with E-state index in [1.54, 1.807) is 0 Å². The minimum Gasteiger partial charge on any atom is -0.378 e. The lowest BCUT2D eigenvalue weighted by Crippen LogP contribution is -2.17. The Kier molecular flexibility index (Phi) is 5.51. The molecule has 0 bridgehead atoms. The fourth-order valence-corrected chi connectivity index (χ4v) is 1.89. The third-order valence-corrected chi connectivity index (χ3v) is 3.54. The molecule has 2 rings (SSSR count). The second kappa shape index (κ2) is 7.58. The van der Waals surface area contributed by atoms with Crippen molar-refractivity contribution in [1.82, 2.24) is 9.97 Å². The highest BCUT2D eigenvalue weighted by atomic mass is 16.1. The maximum absolute atomic E-state index is 12.2. The molecule has 0 saturated heterocycles. The molecule has 2 N–H and O–H groups in total. The number of carbonyl (C=O) groups excluding carboxylic acids is 1. The lowest BCUT2D eigenvalue weighted by Gasteiger charge is -2.13. The van der Waals surface area contributed by atoms with Gasteiger partial charge in [-0.1, -0.05) is 6.92 Å². The summed E-state index contributed by atoms with van der Waals surface area (Å²) in [6.45, 7) is 4.14. The van der Waals surface area contributed by atoms with E-state index in [0.717, 1.165) is 17.8 Å². The van der Waals surface area contributed by atoms with Crippen LogP contribution in [0.25, 0.3) is 0 Å². The molecule has 6 nitrogen and oxygen atoms in total. The number of hydrogen-bond donors (Lipinski definition) is 2. The van der Waals surface area contributed by atoms with E-state index in [1.807, 2.05) is 43.3 Å². The summed E-state index contributed by atoms with van der Waals surface area (Å²) >= 11 is 0. The molecular formula is C17H23N5O. The van der Waals surface area contributed by atoms with E-state index >= 15 is 0 Å². The summed E-state index contributed by atoms with van der Waals surface area (Å²) in [6.07, 6.45) is 4.04. The van der Waals surface area contributed by atoms with Gasteiger partial charge in [0.2, 0.25) is 5.95 Å². The van der Waals surface area contributed by atoms with Gasteiger partial charge in [-0.25, -0.2) is 9.97 Å². The van der Waals surface area contributed by atoms with Gasteiger partial charge in [0.15, 0.2) is 0 Å². The van der Waals surface area contributed by atoms with E-state index in [0.29, 0.717) is 17.6 Å². The molecule has 0 spiro atoms. The van der Waals surface area contributed by atoms with Gasteiger partial charge < -0.3 is 15.5 Å². The van der Waals surface area contributed by atoms with Crippen LogP contribution in [0.1, 0.15) is 30.6 Å². The molecule has 1 aromatic carbocycles. The lowest BCUT2D eigenvalue weighted by molar-refractivity contribution is 0.102. The Morgan fingerprint density at radius 2 is 1.78 bits per heavy atom. The summed E-state index contributed by atoms with van der Waals surface area (Å²) in [5.74, 6) is 0.309. The largest absolute Gasteiger partial charge is 0.378 e. The number of benzene rings is 1. The molecule has 0 fully saturated rings. The number of nitrogens with one attached hydrogen (secondary N) is 2. The fraction of sp³-hybridized carbons (Fsp3) is 0.353. The van der Waals surface area contributed by atoms with E-state index in [2.05, 4.69) is 34.4 Å². The van der Waals surface area contributed by atoms with Crippen LogP contribution in [0.3, 0.4) is 0 Å². The second-order valence-electron chi connectivity index (χ2n) is 5.64. The predicted molar refractivity (Wildman–Crippen MR) is 94.1 cm³/mol. The molecule has 1 aromatic heterocycles. The Balaban J connectivity index is 2.00. The van der Waals surface area contributed by atoms with Crippen molar-refractivity contribution in [2.45, 2.75) is 26.3 Å². The SMILES string of the molecule is CCC(C)Nc1ncc(C(=O)Nc2ccc(N(C)C)cc2)cn1. The van der Waals surface area contributed by atoms with Gasteiger partial charge in [0, 0.05) is 43.9 Å². The maximum atomic E-state index is 12.2. The maximum Gasteiger partial charge on any atom is 0.258 e. The van der Waals surface area contributed by atoms with Crippen molar-refractivity contribution in [3.63, 3.8) is 0 Å². The molecule has 122 valence electrons. The van der Waals surface area contributed by atoms with Crippen LogP contribution in [0.4, 0.5) is 17.3 Å². The monoisotopic (exact) mass is 313 g/mol. The van der Waals surface area contributed by atoms with Gasteiger partial charge >= 0.3 is 0 Å². The Morgan fingerprint density at radius 1 is 1.17 bits per heavy atom. The number of aromatic nitrogens is 2. The fourth-order valence-electron chi connectivity index (χ4n) is 1.89. The van der Waals surface area contributed by atoms with E-state index in [4.69, 9.17) is 0 Å². The van der Waals surface area contributed by atoms with Crippen molar-refractivity contribution in [1.29, 1.82) is 0 Å².